The highest BCUT2D eigenvalue weighted by Gasteiger charge is 2.44. The van der Waals surface area contributed by atoms with E-state index in [1.54, 1.807) is 0 Å². The van der Waals surface area contributed by atoms with Crippen LogP contribution in [0.1, 0.15) is 6.92 Å². The summed E-state index contributed by atoms with van der Waals surface area (Å²) < 4.78 is 0. The van der Waals surface area contributed by atoms with E-state index in [9.17, 15) is 9.59 Å². The fourth-order valence-electron chi connectivity index (χ4n) is 0.922. The predicted octanol–water partition coefficient (Wildman–Crippen LogP) is -0.423. The van der Waals surface area contributed by atoms with Crippen LogP contribution in [0.4, 0.5) is 0 Å². The monoisotopic (exact) mass is 191 g/mol. The summed E-state index contributed by atoms with van der Waals surface area (Å²) in [4.78, 5) is 19.9. The third kappa shape index (κ3) is 1.54. The summed E-state index contributed by atoms with van der Waals surface area (Å²) in [6.45, 7) is 1.46. The highest BCUT2D eigenvalue weighted by atomic mass is 32.2. The van der Waals surface area contributed by atoms with Crippen molar-refractivity contribution in [3.8, 4) is 0 Å². The third-order valence-corrected chi connectivity index (χ3v) is 3.06. The molecule has 0 aliphatic carbocycles. The van der Waals surface area contributed by atoms with Gasteiger partial charge in [-0.15, -0.1) is 11.8 Å². The van der Waals surface area contributed by atoms with Crippen molar-refractivity contribution in [2.75, 3.05) is 5.75 Å². The van der Waals surface area contributed by atoms with Gasteiger partial charge < -0.3 is 10.2 Å². The Hall–Kier alpha value is -0.750. The standard InChI is InChI=1S/C6H9NO4S/c1-6(5(10)11)7-3(2-12-6)4(8)9/h3,7H,2H2,1H3,(H,8,9)(H,10,11)/t3-,6-/m0/s1. The summed E-state index contributed by atoms with van der Waals surface area (Å²) in [5.41, 5.74) is 0. The summed E-state index contributed by atoms with van der Waals surface area (Å²) in [5.74, 6) is -1.75. The molecule has 0 amide bonds. The minimum absolute atomic E-state index is 0.290. The van der Waals surface area contributed by atoms with Gasteiger partial charge in [0.1, 0.15) is 6.04 Å². The summed E-state index contributed by atoms with van der Waals surface area (Å²) in [5, 5.41) is 19.8. The summed E-state index contributed by atoms with van der Waals surface area (Å²) in [6.07, 6.45) is 0. The van der Waals surface area contributed by atoms with Gasteiger partial charge in [0, 0.05) is 5.75 Å². The Morgan fingerprint density at radius 1 is 1.58 bits per heavy atom. The van der Waals surface area contributed by atoms with E-state index in [0.717, 1.165) is 11.8 Å². The number of thioether (sulfide) groups is 1. The van der Waals surface area contributed by atoms with Crippen LogP contribution < -0.4 is 5.32 Å². The molecule has 0 aromatic carbocycles. The van der Waals surface area contributed by atoms with E-state index in [0.29, 0.717) is 0 Å². The second kappa shape index (κ2) is 2.95. The average Bonchev–Trinajstić information content (AvgIpc) is 2.33. The van der Waals surface area contributed by atoms with Crippen LogP contribution in [0.25, 0.3) is 0 Å². The topological polar surface area (TPSA) is 86.6 Å². The van der Waals surface area contributed by atoms with Crippen LogP contribution in [-0.2, 0) is 9.59 Å². The van der Waals surface area contributed by atoms with Gasteiger partial charge in [-0.1, -0.05) is 0 Å². The molecule has 5 nitrogen and oxygen atoms in total. The molecule has 0 spiro atoms. The van der Waals surface area contributed by atoms with Gasteiger partial charge in [0.25, 0.3) is 0 Å². The third-order valence-electron chi connectivity index (χ3n) is 1.69. The zero-order valence-electron chi connectivity index (χ0n) is 6.40. The lowest BCUT2D eigenvalue weighted by atomic mass is 10.2. The number of aliphatic carboxylic acids is 2. The lowest BCUT2D eigenvalue weighted by molar-refractivity contribution is -0.142. The van der Waals surface area contributed by atoms with Gasteiger partial charge in [-0.2, -0.15) is 0 Å². The molecular weight excluding hydrogens is 182 g/mol. The number of hydrogen-bond acceptors (Lipinski definition) is 4. The summed E-state index contributed by atoms with van der Waals surface area (Å²) in [6, 6.07) is -0.754. The molecule has 0 bridgehead atoms. The van der Waals surface area contributed by atoms with E-state index >= 15 is 0 Å². The van der Waals surface area contributed by atoms with Crippen LogP contribution >= 0.6 is 11.8 Å². The van der Waals surface area contributed by atoms with Gasteiger partial charge >= 0.3 is 11.9 Å². The van der Waals surface area contributed by atoms with Crippen molar-refractivity contribution in [3.63, 3.8) is 0 Å². The number of nitrogens with one attached hydrogen (secondary N) is 1. The molecule has 1 aliphatic heterocycles. The molecule has 1 heterocycles. The Bertz CT molecular complexity index is 232. The highest BCUT2D eigenvalue weighted by Crippen LogP contribution is 2.30. The van der Waals surface area contributed by atoms with Crippen LogP contribution in [-0.4, -0.2) is 38.8 Å². The van der Waals surface area contributed by atoms with Crippen molar-refractivity contribution in [3.05, 3.63) is 0 Å². The summed E-state index contributed by atoms with van der Waals surface area (Å²) >= 11 is 1.10. The second-order valence-corrected chi connectivity index (χ2v) is 4.12. The van der Waals surface area contributed by atoms with Crippen molar-refractivity contribution < 1.29 is 19.8 Å². The fraction of sp³-hybridized carbons (Fsp3) is 0.667. The smallest absolute Gasteiger partial charge is 0.334 e. The molecule has 6 heteroatoms. The first-order chi connectivity index (χ1) is 5.46. The molecule has 1 rings (SSSR count). The highest BCUT2D eigenvalue weighted by molar-refractivity contribution is 8.01. The molecule has 3 N–H and O–H groups in total. The van der Waals surface area contributed by atoms with Crippen molar-refractivity contribution in [1.29, 1.82) is 0 Å². The van der Waals surface area contributed by atoms with Crippen LogP contribution in [0.15, 0.2) is 0 Å². The molecule has 0 unspecified atom stereocenters. The molecule has 1 aliphatic rings. The van der Waals surface area contributed by atoms with Crippen LogP contribution in [0.3, 0.4) is 0 Å². The maximum atomic E-state index is 10.6. The van der Waals surface area contributed by atoms with Crippen LogP contribution in [0.5, 0.6) is 0 Å². The number of hydrogen-bond donors (Lipinski definition) is 3. The van der Waals surface area contributed by atoms with Gasteiger partial charge in [0.05, 0.1) is 0 Å². The average molecular weight is 191 g/mol. The minimum Gasteiger partial charge on any atom is -0.480 e. The number of carbonyl (C=O) groups is 2. The van der Waals surface area contributed by atoms with Crippen LogP contribution in [0, 0.1) is 0 Å². The van der Waals surface area contributed by atoms with Crippen LogP contribution in [0.2, 0.25) is 0 Å². The molecular formula is C6H9NO4S. The van der Waals surface area contributed by atoms with Crippen molar-refractivity contribution in [2.24, 2.45) is 0 Å². The molecule has 1 fully saturated rings. The Balaban J connectivity index is 2.67. The first kappa shape index (κ1) is 9.34. The zero-order chi connectivity index (χ0) is 9.35. The van der Waals surface area contributed by atoms with E-state index in [4.69, 9.17) is 10.2 Å². The Kier molecular flexibility index (Phi) is 2.29. The van der Waals surface area contributed by atoms with E-state index in [1.807, 2.05) is 0 Å². The molecule has 0 aromatic heterocycles. The number of carboxylic acid groups (broad SMARTS) is 2. The first-order valence-corrected chi connectivity index (χ1v) is 4.32. The molecule has 0 saturated carbocycles. The van der Waals surface area contributed by atoms with E-state index in [2.05, 4.69) is 5.32 Å². The van der Waals surface area contributed by atoms with Gasteiger partial charge in [-0.25, -0.2) is 4.79 Å². The number of carboxylic acids is 2. The Labute approximate surface area is 73.1 Å². The molecule has 12 heavy (non-hydrogen) atoms. The second-order valence-electron chi connectivity index (χ2n) is 2.68. The SMILES string of the molecule is C[C@]1(C(=O)O)N[C@H](C(=O)O)CS1. The van der Waals surface area contributed by atoms with Gasteiger partial charge in [0.15, 0.2) is 4.87 Å². The predicted molar refractivity (Wildman–Crippen MR) is 43.1 cm³/mol. The Morgan fingerprint density at radius 2 is 2.17 bits per heavy atom. The molecule has 0 radical (unpaired) electrons. The molecule has 2 atom stereocenters. The normalized spacial score (nSPS) is 34.9. The van der Waals surface area contributed by atoms with Crippen molar-refractivity contribution in [2.45, 2.75) is 17.8 Å². The van der Waals surface area contributed by atoms with Crippen molar-refractivity contribution >= 4 is 23.7 Å². The lowest BCUT2D eigenvalue weighted by Gasteiger charge is -2.17. The fourth-order valence-corrected chi connectivity index (χ4v) is 2.00. The first-order valence-electron chi connectivity index (χ1n) is 3.33. The molecule has 1 saturated heterocycles. The van der Waals surface area contributed by atoms with Gasteiger partial charge in [-0.3, -0.25) is 10.1 Å². The quantitative estimate of drug-likeness (QED) is 0.549. The molecule has 0 aromatic rings. The molecule has 68 valence electrons. The van der Waals surface area contributed by atoms with Crippen molar-refractivity contribution in [1.82, 2.24) is 5.32 Å². The van der Waals surface area contributed by atoms with E-state index < -0.39 is 22.9 Å². The maximum Gasteiger partial charge on any atom is 0.334 e. The van der Waals surface area contributed by atoms with Gasteiger partial charge in [-0.05, 0) is 6.92 Å². The Morgan fingerprint density at radius 3 is 2.42 bits per heavy atom. The van der Waals surface area contributed by atoms with E-state index in [1.165, 1.54) is 6.92 Å². The maximum absolute atomic E-state index is 10.6. The summed E-state index contributed by atoms with van der Waals surface area (Å²) in [7, 11) is 0. The zero-order valence-corrected chi connectivity index (χ0v) is 7.22. The number of rotatable bonds is 2. The lowest BCUT2D eigenvalue weighted by Crippen LogP contribution is -2.48. The van der Waals surface area contributed by atoms with E-state index in [-0.39, 0.29) is 5.75 Å². The minimum atomic E-state index is -1.15. The van der Waals surface area contributed by atoms with Gasteiger partial charge in [0.2, 0.25) is 0 Å². The largest absolute Gasteiger partial charge is 0.480 e.